The predicted octanol–water partition coefficient (Wildman–Crippen LogP) is 2.28. The molecule has 2 fully saturated rings. The number of hydrogen-bond acceptors (Lipinski definition) is 6. The van der Waals surface area contributed by atoms with Crippen molar-refractivity contribution in [3.05, 3.63) is 23.2 Å². The summed E-state index contributed by atoms with van der Waals surface area (Å²) in [4.78, 5) is 37.6. The minimum atomic E-state index is -0.636. The van der Waals surface area contributed by atoms with E-state index in [9.17, 15) is 14.4 Å². The number of hydrogen-bond donors (Lipinski definition) is 1. The lowest BCUT2D eigenvalue weighted by molar-refractivity contribution is -0.155. The van der Waals surface area contributed by atoms with Crippen molar-refractivity contribution in [2.75, 3.05) is 24.8 Å². The number of nitrogens with one attached hydrogen (secondary N) is 1. The van der Waals surface area contributed by atoms with Gasteiger partial charge in [0.05, 0.1) is 17.0 Å². The third-order valence-electron chi connectivity index (χ3n) is 4.50. The third-order valence-corrected chi connectivity index (χ3v) is 6.30. The van der Waals surface area contributed by atoms with Crippen molar-refractivity contribution in [2.24, 2.45) is 0 Å². The Kier molecular flexibility index (Phi) is 5.34. The molecule has 26 heavy (non-hydrogen) atoms. The second kappa shape index (κ2) is 7.36. The molecule has 2 aliphatic heterocycles. The summed E-state index contributed by atoms with van der Waals surface area (Å²) in [5, 5.41) is 2.96. The van der Waals surface area contributed by atoms with Gasteiger partial charge in [-0.05, 0) is 31.5 Å². The second-order valence-electron chi connectivity index (χ2n) is 6.27. The zero-order chi connectivity index (χ0) is 18.9. The van der Waals surface area contributed by atoms with Crippen LogP contribution in [0.4, 0.5) is 5.69 Å². The van der Waals surface area contributed by atoms with Crippen LogP contribution in [0.15, 0.2) is 18.2 Å². The average Bonchev–Trinajstić information content (AvgIpc) is 3.09. The summed E-state index contributed by atoms with van der Waals surface area (Å²) >= 11 is 7.58. The maximum Gasteiger partial charge on any atom is 0.330 e. The van der Waals surface area contributed by atoms with Gasteiger partial charge in [0.25, 0.3) is 5.91 Å². The number of ether oxygens (including phenoxy) is 2. The van der Waals surface area contributed by atoms with E-state index >= 15 is 0 Å². The van der Waals surface area contributed by atoms with Crippen LogP contribution in [-0.4, -0.2) is 53.1 Å². The number of benzene rings is 1. The summed E-state index contributed by atoms with van der Waals surface area (Å²) in [6.45, 7) is 1.53. The van der Waals surface area contributed by atoms with Crippen LogP contribution in [0.3, 0.4) is 0 Å². The van der Waals surface area contributed by atoms with Gasteiger partial charge in [0.2, 0.25) is 5.91 Å². The lowest BCUT2D eigenvalue weighted by Crippen LogP contribution is -2.47. The number of nitrogens with zero attached hydrogens (tertiary/aromatic N) is 1. The van der Waals surface area contributed by atoms with E-state index in [2.05, 4.69) is 5.32 Å². The highest BCUT2D eigenvalue weighted by molar-refractivity contribution is 8.01. The normalized spacial score (nSPS) is 24.3. The molecule has 7 nitrogen and oxygen atoms in total. The van der Waals surface area contributed by atoms with Gasteiger partial charge in [0.1, 0.15) is 11.8 Å². The van der Waals surface area contributed by atoms with E-state index < -0.39 is 24.5 Å². The molecule has 0 bridgehead atoms. The molecular weight excluding hydrogens is 380 g/mol. The van der Waals surface area contributed by atoms with Crippen molar-refractivity contribution >= 4 is 46.8 Å². The van der Waals surface area contributed by atoms with Crippen molar-refractivity contribution in [1.29, 1.82) is 0 Å². The molecule has 9 heteroatoms. The second-order valence-corrected chi connectivity index (χ2v) is 8.18. The number of thioether (sulfide) groups is 1. The van der Waals surface area contributed by atoms with Crippen LogP contribution in [-0.2, 0) is 19.1 Å². The van der Waals surface area contributed by atoms with E-state index in [1.807, 2.05) is 6.92 Å². The van der Waals surface area contributed by atoms with E-state index in [1.165, 1.54) is 7.11 Å². The summed E-state index contributed by atoms with van der Waals surface area (Å²) in [7, 11) is 1.50. The number of carbonyl (C=O) groups excluding carboxylic acids is 3. The van der Waals surface area contributed by atoms with Gasteiger partial charge < -0.3 is 19.7 Å². The summed E-state index contributed by atoms with van der Waals surface area (Å²) < 4.78 is 10.2. The molecule has 0 radical (unpaired) electrons. The Balaban J connectivity index is 1.54. The minimum absolute atomic E-state index is 0.0447. The zero-order valence-corrected chi connectivity index (χ0v) is 16.0. The summed E-state index contributed by atoms with van der Waals surface area (Å²) in [6.07, 6.45) is 1.16. The van der Waals surface area contributed by atoms with Crippen LogP contribution in [0.2, 0.25) is 5.02 Å². The molecule has 1 N–H and O–H groups in total. The van der Waals surface area contributed by atoms with Gasteiger partial charge in [-0.25, -0.2) is 4.79 Å². The van der Waals surface area contributed by atoms with Crippen molar-refractivity contribution < 1.29 is 23.9 Å². The molecule has 0 unspecified atom stereocenters. The molecule has 2 aliphatic rings. The lowest BCUT2D eigenvalue weighted by atomic mass is 10.2. The van der Waals surface area contributed by atoms with Gasteiger partial charge in [0.15, 0.2) is 6.61 Å². The van der Waals surface area contributed by atoms with E-state index in [0.29, 0.717) is 28.6 Å². The predicted molar refractivity (Wildman–Crippen MR) is 98.3 cm³/mol. The highest BCUT2D eigenvalue weighted by Gasteiger charge is 2.53. The van der Waals surface area contributed by atoms with Crippen LogP contribution in [0.5, 0.6) is 5.75 Å². The van der Waals surface area contributed by atoms with Crippen LogP contribution in [0.1, 0.15) is 19.8 Å². The Labute approximate surface area is 160 Å². The maximum atomic E-state index is 12.3. The fourth-order valence-electron chi connectivity index (χ4n) is 3.17. The van der Waals surface area contributed by atoms with Crippen LogP contribution in [0, 0.1) is 0 Å². The number of carbonyl (C=O) groups is 3. The standard InChI is InChI=1S/C17H19ClN2O5S/c1-17-6-5-15(22)20(17)12(9-26-17)16(23)25-8-14(21)19-10-3-4-13(24-2)11(18)7-10/h3-4,7,12H,5-6,8-9H2,1-2H3,(H,19,21)/t12-,17-/m0/s1. The number of anilines is 1. The fraction of sp³-hybridized carbons (Fsp3) is 0.471. The molecule has 0 saturated carbocycles. The number of amides is 2. The van der Waals surface area contributed by atoms with Crippen LogP contribution in [0.25, 0.3) is 0 Å². The smallest absolute Gasteiger partial charge is 0.330 e. The lowest BCUT2D eigenvalue weighted by Gasteiger charge is -2.29. The SMILES string of the molecule is COc1ccc(NC(=O)COC(=O)[C@@H]2CS[C@@]3(C)CCC(=O)N23)cc1Cl. The molecule has 1 aromatic carbocycles. The van der Waals surface area contributed by atoms with Gasteiger partial charge in [-0.1, -0.05) is 11.6 Å². The Morgan fingerprint density at radius 1 is 1.46 bits per heavy atom. The number of methoxy groups -OCH3 is 1. The first-order valence-corrected chi connectivity index (χ1v) is 9.46. The van der Waals surface area contributed by atoms with Crippen molar-refractivity contribution in [3.63, 3.8) is 0 Å². The van der Waals surface area contributed by atoms with Gasteiger partial charge in [0, 0.05) is 17.9 Å². The highest BCUT2D eigenvalue weighted by Crippen LogP contribution is 2.47. The minimum Gasteiger partial charge on any atom is -0.495 e. The summed E-state index contributed by atoms with van der Waals surface area (Å²) in [5.41, 5.74) is 0.468. The Hall–Kier alpha value is -1.93. The molecule has 2 atom stereocenters. The quantitative estimate of drug-likeness (QED) is 0.766. The third kappa shape index (κ3) is 3.61. The van der Waals surface area contributed by atoms with Crippen LogP contribution >= 0.6 is 23.4 Å². The monoisotopic (exact) mass is 398 g/mol. The largest absolute Gasteiger partial charge is 0.495 e. The first-order chi connectivity index (χ1) is 12.3. The first-order valence-electron chi connectivity index (χ1n) is 8.10. The maximum absolute atomic E-state index is 12.3. The summed E-state index contributed by atoms with van der Waals surface area (Å²) in [5.74, 6) is -0.110. The number of halogens is 1. The molecule has 0 aromatic heterocycles. The Bertz CT molecular complexity index is 759. The zero-order valence-electron chi connectivity index (χ0n) is 14.4. The molecule has 3 rings (SSSR count). The van der Waals surface area contributed by atoms with E-state index in [-0.39, 0.29) is 10.8 Å². The molecule has 140 valence electrons. The molecular formula is C17H19ClN2O5S. The highest BCUT2D eigenvalue weighted by atomic mass is 35.5. The molecule has 1 aromatic rings. The molecule has 2 saturated heterocycles. The van der Waals surface area contributed by atoms with Gasteiger partial charge in [-0.2, -0.15) is 0 Å². The average molecular weight is 399 g/mol. The fourth-order valence-corrected chi connectivity index (χ4v) is 4.84. The number of fused-ring (bicyclic) bond motifs is 1. The van der Waals surface area contributed by atoms with Crippen molar-refractivity contribution in [1.82, 2.24) is 4.90 Å². The molecule has 0 spiro atoms. The van der Waals surface area contributed by atoms with E-state index in [0.717, 1.165) is 6.42 Å². The van der Waals surface area contributed by atoms with Crippen LogP contribution < -0.4 is 10.1 Å². The van der Waals surface area contributed by atoms with Crippen molar-refractivity contribution in [3.8, 4) is 5.75 Å². The molecule has 2 amide bonds. The number of rotatable bonds is 5. The van der Waals surface area contributed by atoms with Gasteiger partial charge in [-0.15, -0.1) is 11.8 Å². The van der Waals surface area contributed by atoms with E-state index in [1.54, 1.807) is 34.9 Å². The van der Waals surface area contributed by atoms with Gasteiger partial charge >= 0.3 is 5.97 Å². The molecule has 2 heterocycles. The first kappa shape index (κ1) is 18.8. The van der Waals surface area contributed by atoms with E-state index in [4.69, 9.17) is 21.1 Å². The Morgan fingerprint density at radius 2 is 2.23 bits per heavy atom. The van der Waals surface area contributed by atoms with Gasteiger partial charge in [-0.3, -0.25) is 9.59 Å². The molecule has 0 aliphatic carbocycles. The number of esters is 1. The Morgan fingerprint density at radius 3 is 2.92 bits per heavy atom. The summed E-state index contributed by atoms with van der Waals surface area (Å²) in [6, 6.07) is 4.16. The topological polar surface area (TPSA) is 84.9 Å². The van der Waals surface area contributed by atoms with Crippen molar-refractivity contribution in [2.45, 2.75) is 30.7 Å².